The average Bonchev–Trinajstić information content (AvgIpc) is 3.67. The lowest BCUT2D eigenvalue weighted by Crippen LogP contribution is -2.61. The molecule has 6 aliphatic rings. The van der Waals surface area contributed by atoms with Gasteiger partial charge in [0.15, 0.2) is 0 Å². The van der Waals surface area contributed by atoms with E-state index < -0.39 is 29.7 Å². The summed E-state index contributed by atoms with van der Waals surface area (Å²) in [5.41, 5.74) is 5.18. The highest BCUT2D eigenvalue weighted by molar-refractivity contribution is 6.33. The average molecular weight is 817 g/mol. The molecule has 0 aliphatic carbocycles. The highest BCUT2D eigenvalue weighted by atomic mass is 35.5. The maximum Gasteiger partial charge on any atom is 0.262 e. The second-order valence-electron chi connectivity index (χ2n) is 17.9. The Morgan fingerprint density at radius 2 is 1.51 bits per heavy atom. The van der Waals surface area contributed by atoms with Gasteiger partial charge in [-0.2, -0.15) is 0 Å². The van der Waals surface area contributed by atoms with Gasteiger partial charge in [0.25, 0.3) is 17.7 Å². The molecule has 5 amide bonds. The molecule has 1 spiro atoms. The number of piperazine rings is 1. The van der Waals surface area contributed by atoms with Crippen molar-refractivity contribution < 1.29 is 24.0 Å². The number of carbonyl (C=O) groups excluding carboxylic acids is 5. The van der Waals surface area contributed by atoms with Gasteiger partial charge in [0.1, 0.15) is 6.04 Å². The van der Waals surface area contributed by atoms with Gasteiger partial charge < -0.3 is 19.6 Å². The van der Waals surface area contributed by atoms with Gasteiger partial charge in [-0.15, -0.1) is 0 Å². The summed E-state index contributed by atoms with van der Waals surface area (Å²) >= 11 is 6.39. The molecule has 6 heterocycles. The summed E-state index contributed by atoms with van der Waals surface area (Å²) in [6, 6.07) is 18.6. The maximum absolute atomic E-state index is 13.6. The van der Waals surface area contributed by atoms with Gasteiger partial charge in [-0.25, -0.2) is 4.85 Å². The van der Waals surface area contributed by atoms with Crippen LogP contribution in [0.4, 0.5) is 22.7 Å². The SMILES string of the molecule is [C-]#[N+]c1ccc(N2CC3(CCN(c4ccc(C(=O)N5CCN(CC6(C)CN(c7ccc8c(c7)C(=O)N(C7CCC(=O)NC7=O)C8=O)C6)CC5)cc4)CC3)CC2C)cc1Cl. The monoisotopic (exact) mass is 816 g/mol. The van der Waals surface area contributed by atoms with E-state index in [0.29, 0.717) is 35.4 Å². The Morgan fingerprint density at radius 1 is 0.831 bits per heavy atom. The largest absolute Gasteiger partial charge is 0.371 e. The van der Waals surface area contributed by atoms with Crippen LogP contribution in [0.15, 0.2) is 60.7 Å². The number of amides is 5. The lowest BCUT2D eigenvalue weighted by atomic mass is 9.76. The zero-order valence-corrected chi connectivity index (χ0v) is 34.3. The zero-order valence-electron chi connectivity index (χ0n) is 33.6. The highest BCUT2D eigenvalue weighted by Crippen LogP contribution is 2.46. The predicted octanol–water partition coefficient (Wildman–Crippen LogP) is 5.46. The first-order valence-electron chi connectivity index (χ1n) is 20.7. The zero-order chi connectivity index (χ0) is 41.2. The second-order valence-corrected chi connectivity index (χ2v) is 18.3. The molecule has 0 bridgehead atoms. The quantitative estimate of drug-likeness (QED) is 0.245. The predicted molar refractivity (Wildman–Crippen MR) is 225 cm³/mol. The summed E-state index contributed by atoms with van der Waals surface area (Å²) in [6.07, 6.45) is 3.57. The Kier molecular flexibility index (Phi) is 9.91. The summed E-state index contributed by atoms with van der Waals surface area (Å²) in [6.45, 7) is 20.2. The van der Waals surface area contributed by atoms with Crippen molar-refractivity contribution in [1.82, 2.24) is 20.0 Å². The van der Waals surface area contributed by atoms with Crippen molar-refractivity contribution in [1.29, 1.82) is 0 Å². The van der Waals surface area contributed by atoms with Crippen molar-refractivity contribution in [3.8, 4) is 0 Å². The van der Waals surface area contributed by atoms with Crippen molar-refractivity contribution in [2.24, 2.45) is 10.8 Å². The van der Waals surface area contributed by atoms with Crippen LogP contribution in [0.25, 0.3) is 4.85 Å². The number of nitrogens with one attached hydrogen (secondary N) is 1. The molecule has 59 heavy (non-hydrogen) atoms. The van der Waals surface area contributed by atoms with Crippen molar-refractivity contribution >= 4 is 63.9 Å². The molecule has 13 nitrogen and oxygen atoms in total. The topological polar surface area (TPSA) is 121 Å². The van der Waals surface area contributed by atoms with Crippen molar-refractivity contribution in [3.05, 3.63) is 93.8 Å². The van der Waals surface area contributed by atoms with Crippen LogP contribution in [0.5, 0.6) is 0 Å². The minimum Gasteiger partial charge on any atom is -0.371 e. The highest BCUT2D eigenvalue weighted by Gasteiger charge is 2.47. The molecule has 3 aromatic rings. The summed E-state index contributed by atoms with van der Waals surface area (Å²) in [5.74, 6) is -1.93. The van der Waals surface area contributed by atoms with E-state index in [4.69, 9.17) is 18.2 Å². The number of piperidine rings is 2. The van der Waals surface area contributed by atoms with Crippen LogP contribution in [0.2, 0.25) is 5.02 Å². The fourth-order valence-electron chi connectivity index (χ4n) is 10.5. The van der Waals surface area contributed by atoms with Crippen LogP contribution in [0.1, 0.15) is 77.0 Å². The first-order valence-corrected chi connectivity index (χ1v) is 21.1. The molecule has 0 aromatic heterocycles. The molecule has 2 unspecified atom stereocenters. The van der Waals surface area contributed by atoms with E-state index in [-0.39, 0.29) is 35.1 Å². The normalized spacial score (nSPS) is 24.0. The second kappa shape index (κ2) is 15.0. The van der Waals surface area contributed by atoms with Crippen LogP contribution in [-0.2, 0) is 9.59 Å². The van der Waals surface area contributed by atoms with E-state index in [1.54, 1.807) is 12.1 Å². The number of hydrogen-bond acceptors (Lipinski definition) is 9. The van der Waals surface area contributed by atoms with Crippen molar-refractivity contribution in [3.63, 3.8) is 0 Å². The molecule has 2 atom stereocenters. The van der Waals surface area contributed by atoms with E-state index in [2.05, 4.69) is 55.7 Å². The molecule has 1 N–H and O–H groups in total. The van der Waals surface area contributed by atoms with Gasteiger partial charge >= 0.3 is 0 Å². The summed E-state index contributed by atoms with van der Waals surface area (Å²) < 4.78 is 0. The Hall–Kier alpha value is -5.45. The molecule has 6 aliphatic heterocycles. The summed E-state index contributed by atoms with van der Waals surface area (Å²) in [7, 11) is 0. The lowest BCUT2D eigenvalue weighted by molar-refractivity contribution is -0.136. The minimum absolute atomic E-state index is 0.0310. The number of rotatable bonds is 7. The Morgan fingerprint density at radius 3 is 2.19 bits per heavy atom. The first-order chi connectivity index (χ1) is 28.3. The third-order valence-electron chi connectivity index (χ3n) is 13.7. The molecule has 5 saturated heterocycles. The Bertz CT molecular complexity index is 2270. The molecule has 0 saturated carbocycles. The third-order valence-corrected chi connectivity index (χ3v) is 14.0. The first kappa shape index (κ1) is 39.0. The van der Waals surface area contributed by atoms with Crippen LogP contribution >= 0.6 is 11.6 Å². The Labute approximate surface area is 349 Å². The molecule has 14 heteroatoms. The third kappa shape index (κ3) is 7.20. The molecular weight excluding hydrogens is 768 g/mol. The van der Waals surface area contributed by atoms with Crippen LogP contribution in [0.3, 0.4) is 0 Å². The number of benzene rings is 3. The number of imide groups is 2. The fourth-order valence-corrected chi connectivity index (χ4v) is 10.7. The van der Waals surface area contributed by atoms with Gasteiger partial charge in [0.2, 0.25) is 17.5 Å². The summed E-state index contributed by atoms with van der Waals surface area (Å²) in [4.78, 5) is 80.1. The number of halogens is 1. The number of nitrogens with zero attached hydrogens (tertiary/aromatic N) is 7. The van der Waals surface area contributed by atoms with E-state index in [0.717, 1.165) is 99.1 Å². The van der Waals surface area contributed by atoms with Gasteiger partial charge in [0.05, 0.1) is 17.7 Å². The number of hydrogen-bond donors (Lipinski definition) is 1. The molecular formula is C45H49ClN8O5. The molecule has 5 fully saturated rings. The van der Waals surface area contributed by atoms with Gasteiger partial charge in [-0.05, 0) is 92.6 Å². The minimum atomic E-state index is -0.981. The Balaban J connectivity index is 0.734. The van der Waals surface area contributed by atoms with Gasteiger partial charge in [-0.3, -0.25) is 39.1 Å². The number of carbonyl (C=O) groups is 5. The number of fused-ring (bicyclic) bond motifs is 1. The van der Waals surface area contributed by atoms with E-state index in [1.165, 1.54) is 0 Å². The van der Waals surface area contributed by atoms with E-state index in [1.807, 2.05) is 41.3 Å². The van der Waals surface area contributed by atoms with Crippen LogP contribution < -0.4 is 20.0 Å². The maximum atomic E-state index is 13.6. The smallest absolute Gasteiger partial charge is 0.262 e. The van der Waals surface area contributed by atoms with Crippen molar-refractivity contribution in [2.75, 3.05) is 80.1 Å². The number of anilines is 3. The molecule has 306 valence electrons. The molecule has 0 radical (unpaired) electrons. The standard InChI is InChI=1S/C45H49ClN8O5/c1-29-24-45(28-53(29)33-9-11-37(47-3)36(46)23-33)14-16-50(17-15-45)31-6-4-30(5-7-31)41(57)51-20-18-49(19-21-51)25-44(2)26-52(27-44)32-8-10-34-35(22-32)43(59)54(42(34)58)38-12-13-39(55)48-40(38)56/h4-11,22-23,29,38H,12-21,24-28H2,1-2H3,(H,48,55,56). The summed E-state index contributed by atoms with van der Waals surface area (Å²) in [5, 5.41) is 2.75. The van der Waals surface area contributed by atoms with Crippen molar-refractivity contribution in [2.45, 2.75) is 58.0 Å². The fraction of sp³-hybridized carbons (Fsp3) is 0.467. The van der Waals surface area contributed by atoms with E-state index in [9.17, 15) is 24.0 Å². The van der Waals surface area contributed by atoms with Gasteiger partial charge in [-0.1, -0.05) is 24.6 Å². The lowest BCUT2D eigenvalue weighted by Gasteiger charge is -2.52. The van der Waals surface area contributed by atoms with Gasteiger partial charge in [0, 0.05) is 111 Å². The van der Waals surface area contributed by atoms with Crippen LogP contribution in [0, 0.1) is 17.4 Å². The molecule has 3 aromatic carbocycles. The molecule has 9 rings (SSSR count). The van der Waals surface area contributed by atoms with E-state index >= 15 is 0 Å². The van der Waals surface area contributed by atoms with Crippen LogP contribution in [-0.4, -0.2) is 122 Å².